The molecule has 21 heavy (non-hydrogen) atoms. The van der Waals surface area contributed by atoms with E-state index in [0.717, 1.165) is 31.4 Å². The molecule has 1 atom stereocenters. The van der Waals surface area contributed by atoms with E-state index in [1.165, 1.54) is 5.56 Å². The maximum absolute atomic E-state index is 6.29. The second-order valence-electron chi connectivity index (χ2n) is 5.20. The first-order valence-corrected chi connectivity index (χ1v) is 8.16. The highest BCUT2D eigenvalue weighted by atomic mass is 35.5. The molecule has 0 radical (unpaired) electrons. The average molecular weight is 322 g/mol. The van der Waals surface area contributed by atoms with E-state index in [1.807, 2.05) is 12.1 Å². The zero-order chi connectivity index (χ0) is 15.1. The molecule has 0 amide bonds. The van der Waals surface area contributed by atoms with Crippen LogP contribution >= 0.6 is 23.2 Å². The fraction of sp³-hybridized carbons (Fsp3) is 0.333. The molecule has 0 fully saturated rings. The van der Waals surface area contributed by atoms with Crippen LogP contribution in [0.25, 0.3) is 0 Å². The Labute approximate surface area is 137 Å². The summed E-state index contributed by atoms with van der Waals surface area (Å²) in [6, 6.07) is 16.8. The summed E-state index contributed by atoms with van der Waals surface area (Å²) in [5, 5.41) is 4.86. The van der Waals surface area contributed by atoms with Crippen LogP contribution in [0.2, 0.25) is 10.0 Å². The molecule has 0 aliphatic heterocycles. The van der Waals surface area contributed by atoms with Gasteiger partial charge in [0.05, 0.1) is 10.0 Å². The molecule has 2 aromatic rings. The zero-order valence-corrected chi connectivity index (χ0v) is 13.8. The number of aryl methyl sites for hydroxylation is 1. The van der Waals surface area contributed by atoms with Gasteiger partial charge in [-0.1, -0.05) is 72.6 Å². The molecule has 112 valence electrons. The fourth-order valence-corrected chi connectivity index (χ4v) is 2.92. The molecule has 0 saturated heterocycles. The first-order valence-electron chi connectivity index (χ1n) is 7.41. The first-order chi connectivity index (χ1) is 10.2. The highest BCUT2D eigenvalue weighted by Gasteiger charge is 2.12. The fourth-order valence-electron chi connectivity index (χ4n) is 2.52. The van der Waals surface area contributed by atoms with Gasteiger partial charge in [0.25, 0.3) is 0 Å². The molecule has 0 aromatic heterocycles. The first kappa shape index (κ1) is 16.4. The van der Waals surface area contributed by atoms with E-state index in [4.69, 9.17) is 23.2 Å². The summed E-state index contributed by atoms with van der Waals surface area (Å²) < 4.78 is 0. The van der Waals surface area contributed by atoms with Crippen molar-refractivity contribution in [3.63, 3.8) is 0 Å². The summed E-state index contributed by atoms with van der Waals surface area (Å²) in [6.07, 6.45) is 3.05. The van der Waals surface area contributed by atoms with Crippen molar-refractivity contribution < 1.29 is 0 Å². The molecule has 0 saturated carbocycles. The molecule has 2 rings (SSSR count). The summed E-state index contributed by atoms with van der Waals surface area (Å²) in [4.78, 5) is 0. The van der Waals surface area contributed by atoms with Gasteiger partial charge in [0.2, 0.25) is 0 Å². The normalized spacial score (nSPS) is 12.3. The van der Waals surface area contributed by atoms with Gasteiger partial charge >= 0.3 is 0 Å². The van der Waals surface area contributed by atoms with Crippen molar-refractivity contribution in [2.24, 2.45) is 0 Å². The van der Waals surface area contributed by atoms with Crippen molar-refractivity contribution in [2.75, 3.05) is 6.54 Å². The van der Waals surface area contributed by atoms with Crippen LogP contribution in [0.4, 0.5) is 0 Å². The third kappa shape index (κ3) is 5.03. The predicted molar refractivity (Wildman–Crippen MR) is 92.4 cm³/mol. The second kappa shape index (κ2) is 8.43. The number of nitrogens with one attached hydrogen (secondary N) is 1. The van der Waals surface area contributed by atoms with E-state index < -0.39 is 0 Å². The van der Waals surface area contributed by atoms with Gasteiger partial charge in [0.15, 0.2) is 0 Å². The van der Waals surface area contributed by atoms with Gasteiger partial charge in [-0.15, -0.1) is 0 Å². The Balaban J connectivity index is 2.00. The molecule has 1 N–H and O–H groups in total. The van der Waals surface area contributed by atoms with Crippen molar-refractivity contribution in [3.05, 3.63) is 69.7 Å². The molecular formula is C18H21Cl2N. The summed E-state index contributed by atoms with van der Waals surface area (Å²) in [6.45, 7) is 3.09. The highest BCUT2D eigenvalue weighted by molar-refractivity contribution is 6.42. The Morgan fingerprint density at radius 2 is 1.76 bits per heavy atom. The van der Waals surface area contributed by atoms with Crippen LogP contribution in [-0.2, 0) is 12.8 Å². The zero-order valence-electron chi connectivity index (χ0n) is 12.3. The average Bonchev–Trinajstić information content (AvgIpc) is 2.50. The number of halogens is 2. The minimum absolute atomic E-state index is 0.408. The van der Waals surface area contributed by atoms with Crippen LogP contribution in [0, 0.1) is 0 Å². The molecule has 0 bridgehead atoms. The van der Waals surface area contributed by atoms with E-state index in [-0.39, 0.29) is 0 Å². The van der Waals surface area contributed by atoms with Gasteiger partial charge in [-0.3, -0.25) is 0 Å². The lowest BCUT2D eigenvalue weighted by Gasteiger charge is -2.19. The number of hydrogen-bond acceptors (Lipinski definition) is 1. The number of benzene rings is 2. The molecule has 1 nitrogen and oxygen atoms in total. The topological polar surface area (TPSA) is 12.0 Å². The number of likely N-dealkylation sites (N-methyl/N-ethyl adjacent to an activating group) is 1. The number of hydrogen-bond donors (Lipinski definition) is 1. The standard InChI is InChI=1S/C18H21Cl2N/c1-2-21-16(12-11-14-7-4-3-5-8-14)13-15-9-6-10-17(19)18(15)20/h3-10,16,21H,2,11-13H2,1H3. The van der Waals surface area contributed by atoms with Gasteiger partial charge in [0.1, 0.15) is 0 Å². The Bertz CT molecular complexity index is 554. The minimum atomic E-state index is 0.408. The lowest BCUT2D eigenvalue weighted by Crippen LogP contribution is -2.31. The summed E-state index contributed by atoms with van der Waals surface area (Å²) in [5.41, 5.74) is 2.49. The Hall–Kier alpha value is -1.02. The molecule has 0 heterocycles. The maximum Gasteiger partial charge on any atom is 0.0624 e. The van der Waals surface area contributed by atoms with Crippen molar-refractivity contribution in [1.29, 1.82) is 0 Å². The molecule has 3 heteroatoms. The van der Waals surface area contributed by atoms with Crippen LogP contribution in [0.5, 0.6) is 0 Å². The lowest BCUT2D eigenvalue weighted by molar-refractivity contribution is 0.491. The Kier molecular flexibility index (Phi) is 6.56. The van der Waals surface area contributed by atoms with Crippen molar-refractivity contribution in [1.82, 2.24) is 5.32 Å². The quantitative estimate of drug-likeness (QED) is 0.743. The summed E-state index contributed by atoms with van der Waals surface area (Å²) in [7, 11) is 0. The van der Waals surface area contributed by atoms with Crippen molar-refractivity contribution in [2.45, 2.75) is 32.2 Å². The van der Waals surface area contributed by atoms with Crippen LogP contribution in [0.15, 0.2) is 48.5 Å². The van der Waals surface area contributed by atoms with Gasteiger partial charge in [-0.2, -0.15) is 0 Å². The molecule has 1 unspecified atom stereocenters. The minimum Gasteiger partial charge on any atom is -0.314 e. The largest absolute Gasteiger partial charge is 0.314 e. The smallest absolute Gasteiger partial charge is 0.0624 e. The van der Waals surface area contributed by atoms with Crippen LogP contribution < -0.4 is 5.32 Å². The van der Waals surface area contributed by atoms with Gasteiger partial charge in [-0.25, -0.2) is 0 Å². The van der Waals surface area contributed by atoms with E-state index in [0.29, 0.717) is 16.1 Å². The monoisotopic (exact) mass is 321 g/mol. The maximum atomic E-state index is 6.29. The van der Waals surface area contributed by atoms with E-state index >= 15 is 0 Å². The van der Waals surface area contributed by atoms with E-state index in [9.17, 15) is 0 Å². The second-order valence-corrected chi connectivity index (χ2v) is 5.98. The third-order valence-electron chi connectivity index (χ3n) is 3.61. The summed E-state index contributed by atoms with van der Waals surface area (Å²) in [5.74, 6) is 0. The van der Waals surface area contributed by atoms with Crippen molar-refractivity contribution in [3.8, 4) is 0 Å². The lowest BCUT2D eigenvalue weighted by atomic mass is 9.99. The van der Waals surface area contributed by atoms with Gasteiger partial charge < -0.3 is 5.32 Å². The van der Waals surface area contributed by atoms with Gasteiger partial charge in [-0.05, 0) is 43.0 Å². The summed E-state index contributed by atoms with van der Waals surface area (Å²) >= 11 is 12.4. The SMILES string of the molecule is CCNC(CCc1ccccc1)Cc1cccc(Cl)c1Cl. The van der Waals surface area contributed by atoms with Crippen LogP contribution in [-0.4, -0.2) is 12.6 Å². The highest BCUT2D eigenvalue weighted by Crippen LogP contribution is 2.27. The van der Waals surface area contributed by atoms with E-state index in [2.05, 4.69) is 48.6 Å². The number of rotatable bonds is 7. The third-order valence-corrected chi connectivity index (χ3v) is 4.47. The Morgan fingerprint density at radius 1 is 1.00 bits per heavy atom. The van der Waals surface area contributed by atoms with Crippen LogP contribution in [0.1, 0.15) is 24.5 Å². The Morgan fingerprint density at radius 3 is 2.48 bits per heavy atom. The molecule has 0 aliphatic rings. The van der Waals surface area contributed by atoms with Crippen LogP contribution in [0.3, 0.4) is 0 Å². The van der Waals surface area contributed by atoms with Gasteiger partial charge in [0, 0.05) is 6.04 Å². The predicted octanol–water partition coefficient (Wildman–Crippen LogP) is 5.15. The molecule has 0 spiro atoms. The molecule has 2 aromatic carbocycles. The van der Waals surface area contributed by atoms with E-state index in [1.54, 1.807) is 0 Å². The molecule has 0 aliphatic carbocycles. The van der Waals surface area contributed by atoms with Crippen molar-refractivity contribution >= 4 is 23.2 Å². The molecular weight excluding hydrogens is 301 g/mol.